The maximum atomic E-state index is 5.71. The van der Waals surface area contributed by atoms with Crippen molar-refractivity contribution in [3.8, 4) is 0 Å². The second kappa shape index (κ2) is 60.8. The third kappa shape index (κ3) is 41.4. The fourth-order valence-corrected chi connectivity index (χ4v) is 16.7. The zero-order valence-electron chi connectivity index (χ0n) is 85.2. The maximum Gasteiger partial charge on any atom is 0.231 e. The van der Waals surface area contributed by atoms with Gasteiger partial charge in [0.1, 0.15) is 5.76 Å². The summed E-state index contributed by atoms with van der Waals surface area (Å²) >= 11 is 12.2. The van der Waals surface area contributed by atoms with Crippen molar-refractivity contribution in [3.63, 3.8) is 0 Å². The Labute approximate surface area is 878 Å². The van der Waals surface area contributed by atoms with Gasteiger partial charge in [0.15, 0.2) is 0 Å². The van der Waals surface area contributed by atoms with E-state index in [1.165, 1.54) is 34.1 Å². The molecular weight excluding hydrogens is 1990 g/mol. The Morgan fingerprint density at radius 3 is 0.733 bits per heavy atom. The van der Waals surface area contributed by atoms with Crippen LogP contribution < -0.4 is 127 Å². The van der Waals surface area contributed by atoms with Crippen LogP contribution in [0.4, 0.5) is 143 Å². The van der Waals surface area contributed by atoms with E-state index in [0.29, 0.717) is 101 Å². The summed E-state index contributed by atoms with van der Waals surface area (Å²) in [5.74, 6) is 11.9. The summed E-state index contributed by atoms with van der Waals surface area (Å²) in [6, 6.07) is 33.0. The molecule has 0 bridgehead atoms. The van der Waals surface area contributed by atoms with Crippen molar-refractivity contribution < 1.29 is 4.42 Å². The molecule has 56 heteroatoms. The molecule has 0 fully saturated rings. The molecule has 0 saturated carbocycles. The van der Waals surface area contributed by atoms with Gasteiger partial charge < -0.3 is 131 Å². The lowest BCUT2D eigenvalue weighted by atomic mass is 10.3. The summed E-state index contributed by atoms with van der Waals surface area (Å²) in [6.45, 7) is 6.39. The van der Waals surface area contributed by atoms with Gasteiger partial charge in [0.05, 0.1) is 6.26 Å². The quantitative estimate of drug-likeness (QED) is 0.0169. The summed E-state index contributed by atoms with van der Waals surface area (Å²) in [6.07, 6.45) is 9.17. The molecule has 16 aromatic rings. The van der Waals surface area contributed by atoms with Crippen LogP contribution in [0.2, 0.25) is 0 Å². The molecule has 0 radical (unpaired) electrons. The van der Waals surface area contributed by atoms with Crippen LogP contribution in [0.5, 0.6) is 0 Å². The van der Waals surface area contributed by atoms with Gasteiger partial charge in [0.2, 0.25) is 143 Å². The van der Waals surface area contributed by atoms with Crippen LogP contribution in [0.3, 0.4) is 0 Å². The molecule has 16 heterocycles. The highest BCUT2D eigenvalue weighted by molar-refractivity contribution is 7.11. The molecule has 0 amide bonds. The largest absolute Gasteiger partial charge is 0.469 e. The number of nitrogens with two attached hydrogens (primary N) is 7. The van der Waals surface area contributed by atoms with Crippen LogP contribution >= 0.6 is 79.4 Å². The lowest BCUT2D eigenvalue weighted by Crippen LogP contribution is -2.26. The topological polar surface area (TPSA) is 630 Å². The van der Waals surface area contributed by atoms with Gasteiger partial charge >= 0.3 is 0 Å². The Bertz CT molecular complexity index is 6170. The first kappa shape index (κ1) is 114. The molecule has 16 rings (SSSR count). The average Bonchev–Trinajstić information content (AvgIpc) is 1.04. The van der Waals surface area contributed by atoms with Crippen molar-refractivity contribution in [2.75, 3.05) is 306 Å². The van der Waals surface area contributed by atoms with Gasteiger partial charge in [-0.25, -0.2) is 0 Å². The Hall–Kier alpha value is -15.5. The number of nitrogens with zero attached hydrogens (tertiary/aromatic N) is 33. The van der Waals surface area contributed by atoms with E-state index < -0.39 is 0 Å². The zero-order chi connectivity index (χ0) is 105. The summed E-state index contributed by atoms with van der Waals surface area (Å²) in [7, 11) is 34.0. The highest BCUT2D eigenvalue weighted by atomic mass is 32.1. The van der Waals surface area contributed by atoms with E-state index >= 15 is 0 Å². The van der Waals surface area contributed by atoms with Crippen molar-refractivity contribution in [3.05, 3.63) is 181 Å². The third-order valence-corrected chi connectivity index (χ3v) is 25.9. The number of rotatable bonds is 41. The Morgan fingerprint density at radius 2 is 0.425 bits per heavy atom. The lowest BCUT2D eigenvalue weighted by Gasteiger charge is -2.21. The minimum Gasteiger partial charge on any atom is -0.469 e. The number of likely N-dealkylation sites (N-methyl/N-ethyl adjacent to an activating group) is 4. The van der Waals surface area contributed by atoms with E-state index in [-0.39, 0.29) is 41.6 Å². The number of aromatic nitrogens is 24. The van der Waals surface area contributed by atoms with Gasteiger partial charge in [-0.3, -0.25) is 0 Å². The number of hydrogen-bond acceptors (Lipinski definition) is 56. The number of furan rings is 1. The van der Waals surface area contributed by atoms with E-state index in [1.54, 1.807) is 114 Å². The lowest BCUT2D eigenvalue weighted by molar-refractivity contribution is 0.508. The molecule has 16 aromatic heterocycles. The first-order valence-corrected chi connectivity index (χ1v) is 51.9. The van der Waals surface area contributed by atoms with Crippen molar-refractivity contribution >= 4 is 222 Å². The van der Waals surface area contributed by atoms with E-state index in [2.05, 4.69) is 261 Å². The molecule has 146 heavy (non-hydrogen) atoms. The minimum atomic E-state index is 0.131. The normalized spacial score (nSPS) is 10.3. The Kier molecular flexibility index (Phi) is 47.5. The fourth-order valence-electron chi connectivity index (χ4n) is 11.8. The van der Waals surface area contributed by atoms with Gasteiger partial charge in [0.25, 0.3) is 0 Å². The molecule has 0 aliphatic carbocycles. The molecule has 780 valence electrons. The highest BCUT2D eigenvalue weighted by Crippen LogP contribution is 2.24. The predicted octanol–water partition coefficient (Wildman–Crippen LogP) is 9.90. The molecule has 0 aliphatic rings. The van der Waals surface area contributed by atoms with Crippen LogP contribution in [0.1, 0.15) is 39.9 Å². The minimum absolute atomic E-state index is 0.131. The average molecular weight is 2130 g/mol. The number of nitrogen functional groups attached to an aromatic ring is 7. The molecule has 22 N–H and O–H groups in total. The molecular formula is C90H132N48OS7. The van der Waals surface area contributed by atoms with E-state index in [1.807, 2.05) is 178 Å². The van der Waals surface area contributed by atoms with Gasteiger partial charge in [-0.2, -0.15) is 120 Å². The fraction of sp³-hybridized carbons (Fsp3) is 0.378. The Balaban J connectivity index is 0.000000186. The van der Waals surface area contributed by atoms with Crippen molar-refractivity contribution in [2.24, 2.45) is 0 Å². The number of anilines is 24. The standard InChI is InChI=1S/C14H22N6O.C13H20N6S.C12H18N6S.2C11H16N6S.2C10H14N6S.C9H12N6S/c1-18(2)12-15-13(19(3)4)17-14(16-12)20(5)9-8-11-7-6-10-21-11;1-18(2)12-15-11(16-13(17-12)19(3)4)14-8-7-10-6-5-9-20-10;1-17(2)11-14-10(13)15-12(16-11)18(3)7-6-9-5-4-8-19-9;1-13-10-14-9(12)15-11(16-10)17(2)6-5-8-4-3-7-18-8;1-12-9-15-10(13-2)17-11(16-9)14-6-5-8-4-3-7-18-8;1-16(5-4-7-3-2-6-17-7)10-14-8(11)13-9(12)15-10;1-12-9-14-8(11)15-10(16-9)13-5-4-7-3-2-6-17-7;10-7-13-8(11)15-9(14-7)12-4-3-6-2-1-5-16-6/h6-7,10H,8-9H2,1-5H3;5-6,9H,7-8H2,1-4H3,(H,14,15,16,17);4-5,8H,6-7H2,1-3H3,(H2,13,14,15,16);3-4,7H,5-6H2,1-2H3,(H3,12,13,14,15,16);3-4,7H,5-6H2,1-2H3,(H3,12,13,14,15,16,17);2-3,6H,4-5H2,1H3,(H4,11,12,13,14,15);2-3,6H,4-5H2,1H3,(H4,11,12,13,14,15,16);1-2,5H,3-4H2,(H5,10,11,12,13,14,15). The Morgan fingerprint density at radius 1 is 0.219 bits per heavy atom. The van der Waals surface area contributed by atoms with Crippen molar-refractivity contribution in [1.82, 2.24) is 120 Å². The molecule has 0 saturated heterocycles. The predicted molar refractivity (Wildman–Crippen MR) is 605 cm³/mol. The van der Waals surface area contributed by atoms with E-state index in [9.17, 15) is 0 Å². The first-order valence-electron chi connectivity index (χ1n) is 45.7. The number of hydrogen-bond donors (Lipinski definition) is 15. The zero-order valence-corrected chi connectivity index (χ0v) is 91.0. The van der Waals surface area contributed by atoms with Gasteiger partial charge in [-0.05, 0) is 137 Å². The second-order valence-corrected chi connectivity index (χ2v) is 39.2. The molecule has 0 aliphatic heterocycles. The first-order chi connectivity index (χ1) is 70.2. The van der Waals surface area contributed by atoms with Crippen LogP contribution in [0.25, 0.3) is 0 Å². The number of nitrogens with one attached hydrogen (secondary N) is 8. The van der Waals surface area contributed by atoms with Gasteiger partial charge in [0, 0.05) is 220 Å². The summed E-state index contributed by atoms with van der Waals surface area (Å²) in [5.41, 5.74) is 38.8. The summed E-state index contributed by atoms with van der Waals surface area (Å²) < 4.78 is 5.35. The monoisotopic (exact) mass is 2120 g/mol. The van der Waals surface area contributed by atoms with Crippen LogP contribution in [-0.4, -0.2) is 299 Å². The molecule has 0 spiro atoms. The molecule has 0 aromatic carbocycles. The third-order valence-electron chi connectivity index (χ3n) is 19.4. The SMILES string of the molecule is CN(C)c1nc(N(C)C)nc(N(C)CCc2ccco2)n1.CN(C)c1nc(N)nc(N(C)CCc2cccs2)n1.CN(C)c1nc(NCCc2cccs2)nc(N(C)C)n1.CN(CCc1cccs1)c1nc(N)nc(N)n1.CNc1nc(N)nc(N(C)CCc2cccs2)n1.CNc1nc(N)nc(NCCc2cccs2)n1.CNc1nc(NC)nc(NCCc2cccs2)n1.Nc1nc(N)nc(NCCc2cccs2)n1. The van der Waals surface area contributed by atoms with E-state index in [4.69, 9.17) is 44.6 Å². The smallest absolute Gasteiger partial charge is 0.231 e. The van der Waals surface area contributed by atoms with Gasteiger partial charge in [-0.15, -0.1) is 79.4 Å². The van der Waals surface area contributed by atoms with Crippen molar-refractivity contribution in [1.29, 1.82) is 0 Å². The number of thiophene rings is 7. The second-order valence-electron chi connectivity index (χ2n) is 32.0. The maximum absolute atomic E-state index is 5.71. The molecule has 0 atom stereocenters. The van der Waals surface area contributed by atoms with Crippen LogP contribution in [-0.2, 0) is 51.4 Å². The molecule has 0 unspecified atom stereocenters. The summed E-state index contributed by atoms with van der Waals surface area (Å²) in [4.78, 5) is 126. The van der Waals surface area contributed by atoms with Crippen LogP contribution in [0, 0.1) is 0 Å². The summed E-state index contributed by atoms with van der Waals surface area (Å²) in [5, 5.41) is 38.7. The van der Waals surface area contributed by atoms with Crippen molar-refractivity contribution in [2.45, 2.75) is 51.4 Å². The van der Waals surface area contributed by atoms with E-state index in [0.717, 1.165) is 109 Å². The molecule has 49 nitrogen and oxygen atoms in total. The van der Waals surface area contributed by atoms with Crippen LogP contribution in [0.15, 0.2) is 145 Å². The van der Waals surface area contributed by atoms with Gasteiger partial charge in [-0.1, -0.05) is 42.5 Å². The highest BCUT2D eigenvalue weighted by Gasteiger charge is 2.19.